The van der Waals surface area contributed by atoms with E-state index in [0.717, 1.165) is 31.5 Å². The summed E-state index contributed by atoms with van der Waals surface area (Å²) in [4.78, 5) is 0. The van der Waals surface area contributed by atoms with E-state index in [2.05, 4.69) is 27.7 Å². The van der Waals surface area contributed by atoms with Crippen LogP contribution in [0.4, 0.5) is 0 Å². The van der Waals surface area contributed by atoms with E-state index in [1.165, 1.54) is 44.9 Å². The van der Waals surface area contributed by atoms with Gasteiger partial charge in [0.15, 0.2) is 0 Å². The molecule has 130 valence electrons. The Kier molecular flexibility index (Phi) is 7.70. The van der Waals surface area contributed by atoms with Crippen molar-refractivity contribution in [2.75, 3.05) is 13.2 Å². The molecule has 0 spiro atoms. The van der Waals surface area contributed by atoms with E-state index in [4.69, 9.17) is 9.47 Å². The lowest BCUT2D eigenvalue weighted by atomic mass is 9.77. The van der Waals surface area contributed by atoms with Crippen LogP contribution in [0, 0.1) is 23.7 Å². The van der Waals surface area contributed by atoms with Crippen molar-refractivity contribution in [3.63, 3.8) is 0 Å². The Hall–Kier alpha value is -0.0800. The summed E-state index contributed by atoms with van der Waals surface area (Å²) in [5.41, 5.74) is 0. The number of ether oxygens (including phenoxy) is 2. The summed E-state index contributed by atoms with van der Waals surface area (Å²) < 4.78 is 12.4. The summed E-state index contributed by atoms with van der Waals surface area (Å²) in [5, 5.41) is 0. The molecule has 0 N–H and O–H groups in total. The van der Waals surface area contributed by atoms with Crippen LogP contribution in [-0.2, 0) is 9.47 Å². The Balaban J connectivity index is 1.70. The minimum absolute atomic E-state index is 0.454. The van der Waals surface area contributed by atoms with Gasteiger partial charge in [0.2, 0.25) is 0 Å². The molecule has 0 radical (unpaired) electrons. The van der Waals surface area contributed by atoms with Gasteiger partial charge in [-0.05, 0) is 55.8 Å². The van der Waals surface area contributed by atoms with E-state index in [1.54, 1.807) is 0 Å². The maximum absolute atomic E-state index is 6.37. The molecule has 2 aliphatic rings. The van der Waals surface area contributed by atoms with Crippen molar-refractivity contribution in [3.05, 3.63) is 0 Å². The zero-order valence-corrected chi connectivity index (χ0v) is 15.4. The number of hydrogen-bond acceptors (Lipinski definition) is 2. The van der Waals surface area contributed by atoms with Crippen molar-refractivity contribution in [2.24, 2.45) is 23.7 Å². The van der Waals surface area contributed by atoms with E-state index in [-0.39, 0.29) is 0 Å². The third kappa shape index (κ3) is 4.96. The molecule has 0 heterocycles. The zero-order valence-electron chi connectivity index (χ0n) is 15.4. The molecule has 4 unspecified atom stereocenters. The molecule has 0 saturated heterocycles. The smallest absolute Gasteiger partial charge is 0.0605 e. The average molecular weight is 311 g/mol. The molecule has 0 aromatic carbocycles. The van der Waals surface area contributed by atoms with Gasteiger partial charge < -0.3 is 9.47 Å². The Bertz CT molecular complexity index is 296. The lowest BCUT2D eigenvalue weighted by Gasteiger charge is -2.40. The molecule has 0 amide bonds. The molecule has 2 rings (SSSR count). The highest BCUT2D eigenvalue weighted by Gasteiger charge is 2.35. The predicted octanol–water partition coefficient (Wildman–Crippen LogP) is 5.45. The highest BCUT2D eigenvalue weighted by atomic mass is 16.5. The van der Waals surface area contributed by atoms with Gasteiger partial charge in [-0.1, -0.05) is 47.0 Å². The molecular weight excluding hydrogens is 272 g/mol. The van der Waals surface area contributed by atoms with Crippen LogP contribution in [0.1, 0.15) is 79.1 Å². The number of hydrogen-bond donors (Lipinski definition) is 0. The van der Waals surface area contributed by atoms with Gasteiger partial charge in [-0.3, -0.25) is 0 Å². The maximum atomic E-state index is 6.37. The molecule has 2 heteroatoms. The predicted molar refractivity (Wildman–Crippen MR) is 93.1 cm³/mol. The van der Waals surface area contributed by atoms with Gasteiger partial charge in [0.1, 0.15) is 0 Å². The summed E-state index contributed by atoms with van der Waals surface area (Å²) in [6, 6.07) is 0. The normalized spacial score (nSPS) is 39.8. The topological polar surface area (TPSA) is 18.5 Å². The van der Waals surface area contributed by atoms with Crippen LogP contribution >= 0.6 is 0 Å². The fraction of sp³-hybridized carbons (Fsp3) is 1.00. The van der Waals surface area contributed by atoms with Gasteiger partial charge in [0, 0.05) is 13.2 Å². The highest BCUT2D eigenvalue weighted by Crippen LogP contribution is 2.36. The van der Waals surface area contributed by atoms with Crippen molar-refractivity contribution < 1.29 is 9.47 Å². The van der Waals surface area contributed by atoms with E-state index in [9.17, 15) is 0 Å². The third-order valence-electron chi connectivity index (χ3n) is 6.36. The summed E-state index contributed by atoms with van der Waals surface area (Å²) in [7, 11) is 0. The van der Waals surface area contributed by atoms with E-state index < -0.39 is 0 Å². The first kappa shape index (κ1) is 18.3. The van der Waals surface area contributed by atoms with E-state index in [0.29, 0.717) is 24.0 Å². The quantitative estimate of drug-likeness (QED) is 0.622. The average Bonchev–Trinajstić information content (AvgIpc) is 2.56. The number of rotatable bonds is 7. The molecule has 0 aromatic heterocycles. The second-order valence-electron chi connectivity index (χ2n) is 7.87. The van der Waals surface area contributed by atoms with Crippen LogP contribution < -0.4 is 0 Å². The SMILES string of the molecule is CCCOC1CCC(OCC2CCC(CC)CC2)C(C)C1C. The lowest BCUT2D eigenvalue weighted by Crippen LogP contribution is -2.41. The lowest BCUT2D eigenvalue weighted by molar-refractivity contribution is -0.0988. The molecule has 0 aliphatic heterocycles. The van der Waals surface area contributed by atoms with Gasteiger partial charge in [-0.2, -0.15) is 0 Å². The minimum Gasteiger partial charge on any atom is -0.378 e. The standard InChI is InChI=1S/C20H38O2/c1-5-13-21-19-11-12-20(16(4)15(19)3)22-14-18-9-7-17(6-2)8-10-18/h15-20H,5-14H2,1-4H3. The monoisotopic (exact) mass is 310 g/mol. The molecule has 22 heavy (non-hydrogen) atoms. The highest BCUT2D eigenvalue weighted by molar-refractivity contribution is 4.85. The molecule has 4 atom stereocenters. The molecule has 2 saturated carbocycles. The first-order chi connectivity index (χ1) is 10.7. The van der Waals surface area contributed by atoms with Gasteiger partial charge in [-0.15, -0.1) is 0 Å². The fourth-order valence-corrected chi connectivity index (χ4v) is 4.34. The molecule has 0 aromatic rings. The molecule has 2 fully saturated rings. The van der Waals surface area contributed by atoms with E-state index >= 15 is 0 Å². The first-order valence-electron chi connectivity index (χ1n) is 9.88. The van der Waals surface area contributed by atoms with Gasteiger partial charge in [-0.25, -0.2) is 0 Å². The van der Waals surface area contributed by atoms with Crippen LogP contribution in [0.15, 0.2) is 0 Å². The van der Waals surface area contributed by atoms with Crippen molar-refractivity contribution in [1.82, 2.24) is 0 Å². The summed E-state index contributed by atoms with van der Waals surface area (Å²) >= 11 is 0. The Morgan fingerprint density at radius 1 is 0.727 bits per heavy atom. The first-order valence-corrected chi connectivity index (χ1v) is 9.88. The van der Waals surface area contributed by atoms with Crippen LogP contribution in [0.5, 0.6) is 0 Å². The van der Waals surface area contributed by atoms with Crippen molar-refractivity contribution in [2.45, 2.75) is 91.3 Å². The van der Waals surface area contributed by atoms with Gasteiger partial charge in [0.25, 0.3) is 0 Å². The Labute approximate surface area is 138 Å². The molecular formula is C20H38O2. The summed E-state index contributed by atoms with van der Waals surface area (Å²) in [6.45, 7) is 11.2. The maximum Gasteiger partial charge on any atom is 0.0605 e. The second kappa shape index (κ2) is 9.27. The third-order valence-corrected chi connectivity index (χ3v) is 6.36. The molecule has 2 nitrogen and oxygen atoms in total. The van der Waals surface area contributed by atoms with Crippen molar-refractivity contribution in [3.8, 4) is 0 Å². The Morgan fingerprint density at radius 2 is 1.27 bits per heavy atom. The fourth-order valence-electron chi connectivity index (χ4n) is 4.34. The van der Waals surface area contributed by atoms with Gasteiger partial charge in [0.05, 0.1) is 12.2 Å². The Morgan fingerprint density at radius 3 is 1.82 bits per heavy atom. The van der Waals surface area contributed by atoms with Crippen molar-refractivity contribution in [1.29, 1.82) is 0 Å². The minimum atomic E-state index is 0.454. The molecule has 0 bridgehead atoms. The summed E-state index contributed by atoms with van der Waals surface area (Å²) in [5.74, 6) is 3.06. The summed E-state index contributed by atoms with van der Waals surface area (Å²) in [6.07, 6.45) is 11.4. The van der Waals surface area contributed by atoms with Crippen LogP contribution in [0.2, 0.25) is 0 Å². The van der Waals surface area contributed by atoms with Crippen molar-refractivity contribution >= 4 is 0 Å². The molecule has 2 aliphatic carbocycles. The van der Waals surface area contributed by atoms with Crippen LogP contribution in [-0.4, -0.2) is 25.4 Å². The van der Waals surface area contributed by atoms with Crippen LogP contribution in [0.3, 0.4) is 0 Å². The largest absolute Gasteiger partial charge is 0.378 e. The van der Waals surface area contributed by atoms with Gasteiger partial charge >= 0.3 is 0 Å². The van der Waals surface area contributed by atoms with E-state index in [1.807, 2.05) is 0 Å². The van der Waals surface area contributed by atoms with Crippen LogP contribution in [0.25, 0.3) is 0 Å². The zero-order chi connectivity index (χ0) is 15.9. The second-order valence-corrected chi connectivity index (χ2v) is 7.87.